The van der Waals surface area contributed by atoms with E-state index in [-0.39, 0.29) is 5.41 Å². The van der Waals surface area contributed by atoms with Crippen molar-refractivity contribution < 1.29 is 22.1 Å². The Morgan fingerprint density at radius 3 is 0.902 bits per heavy atom. The summed E-state index contributed by atoms with van der Waals surface area (Å²) in [5.74, 6) is 0. The summed E-state index contributed by atoms with van der Waals surface area (Å²) < 4.78 is 41.6. The number of rotatable bonds is 8. The zero-order chi connectivity index (χ0) is 86.5. The van der Waals surface area contributed by atoms with E-state index in [1.165, 1.54) is 87.5 Å². The lowest BCUT2D eigenvalue weighted by atomic mass is 9.82. The van der Waals surface area contributed by atoms with Gasteiger partial charge in [-0.15, -0.1) is 0 Å². The van der Waals surface area contributed by atoms with E-state index in [1.807, 2.05) is 48.5 Å². The summed E-state index contributed by atoms with van der Waals surface area (Å²) >= 11 is 0. The van der Waals surface area contributed by atoms with E-state index in [0.717, 1.165) is 199 Å². The summed E-state index contributed by atoms with van der Waals surface area (Å²) in [6, 6.07) is 149. The van der Waals surface area contributed by atoms with Crippen molar-refractivity contribution in [1.29, 1.82) is 0 Å². The van der Waals surface area contributed by atoms with E-state index >= 15 is 0 Å². The second-order valence-electron chi connectivity index (χ2n) is 36.1. The fourth-order valence-electron chi connectivity index (χ4n) is 22.4. The van der Waals surface area contributed by atoms with Crippen molar-refractivity contribution >= 4 is 197 Å². The summed E-state index contributed by atoms with van der Waals surface area (Å²) in [4.78, 5) is 0. The Bertz CT molecular complexity index is 10000. The zero-order valence-electron chi connectivity index (χ0n) is 71.6. The molecule has 0 fully saturated rings. The molecule has 0 radical (unpaired) electrons. The van der Waals surface area contributed by atoms with Gasteiger partial charge in [0.2, 0.25) is 0 Å². The predicted molar refractivity (Wildman–Crippen MR) is 546 cm³/mol. The van der Waals surface area contributed by atoms with Crippen molar-refractivity contribution in [3.05, 3.63) is 424 Å². The van der Waals surface area contributed by atoms with E-state index in [9.17, 15) is 0 Å². The first kappa shape index (κ1) is 72.7. The lowest BCUT2D eigenvalue weighted by Gasteiger charge is -2.21. The maximum absolute atomic E-state index is 6.53. The van der Waals surface area contributed by atoms with Gasteiger partial charge in [-0.2, -0.15) is 0 Å². The fraction of sp³-hybridized carbons (Fsp3) is 0.0244. The van der Waals surface area contributed by atoms with Crippen LogP contribution >= 0.6 is 0 Å². The molecular formula is C123H74N4O5. The number of aromatic nitrogens is 4. The van der Waals surface area contributed by atoms with E-state index in [2.05, 4.69) is 396 Å². The second kappa shape index (κ2) is 27.3. The minimum absolute atomic E-state index is 0.0989. The summed E-state index contributed by atoms with van der Waals surface area (Å²) in [6.07, 6.45) is 0. The van der Waals surface area contributed by atoms with Crippen molar-refractivity contribution in [3.8, 4) is 78.4 Å². The normalized spacial score (nSPS) is 12.8. The van der Waals surface area contributed by atoms with Crippen LogP contribution in [0.15, 0.2) is 435 Å². The zero-order valence-corrected chi connectivity index (χ0v) is 71.6. The van der Waals surface area contributed by atoms with Gasteiger partial charge in [-0.25, -0.2) is 0 Å². The van der Waals surface area contributed by atoms with Crippen LogP contribution in [0.3, 0.4) is 0 Å². The molecule has 9 heteroatoms. The van der Waals surface area contributed by atoms with Gasteiger partial charge in [0.05, 0.1) is 44.1 Å². The van der Waals surface area contributed by atoms with Gasteiger partial charge in [-0.1, -0.05) is 238 Å². The van der Waals surface area contributed by atoms with Gasteiger partial charge in [0, 0.05) is 149 Å². The Morgan fingerprint density at radius 2 is 0.455 bits per heavy atom. The lowest BCUT2D eigenvalue weighted by Crippen LogP contribution is -2.14. The number of furan rings is 5. The smallest absolute Gasteiger partial charge is 0.143 e. The number of fused-ring (bicyclic) bond motifs is 30. The van der Waals surface area contributed by atoms with Crippen LogP contribution in [0.5, 0.6) is 0 Å². The standard InChI is InChI=1S/C63H40N2O2.C60H34N2O3/c1-63(2)53-20-9-6-15-43(53)47-33-50-48-31-38(25-29-55(48)64(57(50)35-54(47)63)40-13-4-3-5-14-40)39-26-30-56-49(32-39)51-34-52-45-17-8-10-21-59(45)66-61(52)36-58(51)65(56)41-27-23-37(24-28-41)42-18-12-19-46-44-16-7-11-22-60(44)67-62(42)46;1-2-10-39(11-3-1)61-51-25-20-37(28-44(51)46-31-49-42-13-5-8-16-56(42)64-59(49)33-53(46)61)38-21-26-52-45(29-38)47-32-50-43-14-6-9-17-57(43)65-60(50)34-54(47)62(52)40-23-18-35(19-24-40)36-22-27-58-48(30-36)41-12-4-7-15-55(41)63-58/h3-36H,1-2H3;1-34H. The van der Waals surface area contributed by atoms with E-state index in [4.69, 9.17) is 22.1 Å². The van der Waals surface area contributed by atoms with Gasteiger partial charge in [-0.3, -0.25) is 0 Å². The Balaban J connectivity index is 0.000000129. The molecular weight excluding hydrogens is 1610 g/mol. The molecule has 616 valence electrons. The average Bonchev–Trinajstić information content (AvgIpc) is 1.52. The van der Waals surface area contributed by atoms with Gasteiger partial charge >= 0.3 is 0 Å². The molecule has 0 aliphatic heterocycles. The Morgan fingerprint density at radius 1 is 0.159 bits per heavy atom. The Kier molecular flexibility index (Phi) is 15.1. The highest BCUT2D eigenvalue weighted by Gasteiger charge is 2.37. The monoisotopic (exact) mass is 1690 g/mol. The first-order valence-corrected chi connectivity index (χ1v) is 45.2. The Hall–Kier alpha value is -17.4. The van der Waals surface area contributed by atoms with Crippen LogP contribution in [0.2, 0.25) is 0 Å². The highest BCUT2D eigenvalue weighted by atomic mass is 16.3. The number of nitrogens with zero attached hydrogens (tertiary/aromatic N) is 4. The van der Waals surface area contributed by atoms with Gasteiger partial charge in [0.15, 0.2) is 0 Å². The van der Waals surface area contributed by atoms with Crippen molar-refractivity contribution in [3.63, 3.8) is 0 Å². The molecule has 30 rings (SSSR count). The van der Waals surface area contributed by atoms with Gasteiger partial charge < -0.3 is 40.4 Å². The summed E-state index contributed by atoms with van der Waals surface area (Å²) in [7, 11) is 0. The maximum atomic E-state index is 6.53. The average molecular weight is 1690 g/mol. The van der Waals surface area contributed by atoms with Crippen LogP contribution in [0, 0.1) is 0 Å². The highest BCUT2D eigenvalue weighted by molar-refractivity contribution is 6.23. The number of hydrogen-bond acceptors (Lipinski definition) is 5. The number of hydrogen-bond donors (Lipinski definition) is 0. The van der Waals surface area contributed by atoms with Crippen LogP contribution in [-0.4, -0.2) is 18.3 Å². The quantitative estimate of drug-likeness (QED) is 0.151. The minimum Gasteiger partial charge on any atom is -0.456 e. The summed E-state index contributed by atoms with van der Waals surface area (Å²) in [5.41, 5.74) is 37.1. The molecule has 0 N–H and O–H groups in total. The lowest BCUT2D eigenvalue weighted by molar-refractivity contribution is 0.661. The predicted octanol–water partition coefficient (Wildman–Crippen LogP) is 34.2. The minimum atomic E-state index is -0.0989. The third-order valence-corrected chi connectivity index (χ3v) is 28.6. The largest absolute Gasteiger partial charge is 0.456 e. The molecule has 9 aromatic heterocycles. The Labute approximate surface area is 753 Å². The van der Waals surface area contributed by atoms with E-state index in [0.29, 0.717) is 0 Å². The molecule has 0 saturated carbocycles. The third-order valence-electron chi connectivity index (χ3n) is 28.6. The van der Waals surface area contributed by atoms with Crippen LogP contribution in [0.25, 0.3) is 275 Å². The number of benzene rings is 20. The first-order valence-electron chi connectivity index (χ1n) is 45.2. The van der Waals surface area contributed by atoms with E-state index in [1.54, 1.807) is 0 Å². The molecule has 9 heterocycles. The third kappa shape index (κ3) is 10.6. The molecule has 0 unspecified atom stereocenters. The molecule has 132 heavy (non-hydrogen) atoms. The highest BCUT2D eigenvalue weighted by Crippen LogP contribution is 2.53. The molecule has 9 nitrogen and oxygen atoms in total. The van der Waals surface area contributed by atoms with Crippen LogP contribution in [0.4, 0.5) is 0 Å². The van der Waals surface area contributed by atoms with E-state index < -0.39 is 0 Å². The van der Waals surface area contributed by atoms with Crippen molar-refractivity contribution in [1.82, 2.24) is 18.3 Å². The topological polar surface area (TPSA) is 85.4 Å². The van der Waals surface area contributed by atoms with Crippen molar-refractivity contribution in [2.45, 2.75) is 19.3 Å². The van der Waals surface area contributed by atoms with Gasteiger partial charge in [0.1, 0.15) is 55.8 Å². The molecule has 0 saturated heterocycles. The van der Waals surface area contributed by atoms with Crippen molar-refractivity contribution in [2.24, 2.45) is 0 Å². The van der Waals surface area contributed by atoms with Crippen LogP contribution in [0.1, 0.15) is 25.0 Å². The van der Waals surface area contributed by atoms with Gasteiger partial charge in [0.25, 0.3) is 0 Å². The number of para-hydroxylation sites is 8. The van der Waals surface area contributed by atoms with Gasteiger partial charge in [-0.05, 0) is 231 Å². The van der Waals surface area contributed by atoms with Crippen LogP contribution < -0.4 is 0 Å². The molecule has 0 amide bonds. The maximum Gasteiger partial charge on any atom is 0.143 e. The molecule has 0 bridgehead atoms. The molecule has 1 aliphatic carbocycles. The SMILES string of the molecule is CC1(C)c2ccccc2-c2cc3c4cc(-c5ccc6c(c5)c5cc7c(cc5n6-c5ccc(-c6cccc8c6oc6ccccc68)cc5)oc5ccccc57)ccc4n(-c4ccccc4)c3cc21.c1ccc(-n2c3ccc(-c4ccc5c(c4)c4cc6c(cc4n5-c4ccc(-c5ccc7oc8ccccc8c7c5)cc4)oc4ccccc46)cc3c3cc4c(cc32)oc2ccccc24)cc1. The first-order chi connectivity index (χ1) is 65.1. The summed E-state index contributed by atoms with van der Waals surface area (Å²) in [6.45, 7) is 4.73. The second-order valence-corrected chi connectivity index (χ2v) is 36.1. The van der Waals surface area contributed by atoms with Crippen LogP contribution in [-0.2, 0) is 5.41 Å². The molecule has 29 aromatic rings. The molecule has 20 aromatic carbocycles. The molecule has 1 aliphatic rings. The van der Waals surface area contributed by atoms with Crippen molar-refractivity contribution in [2.75, 3.05) is 0 Å². The molecule has 0 atom stereocenters. The fourth-order valence-corrected chi connectivity index (χ4v) is 22.4. The summed E-state index contributed by atoms with van der Waals surface area (Å²) in [5, 5.41) is 20.9. The molecule has 0 spiro atoms.